The van der Waals surface area contributed by atoms with Crippen LogP contribution in [0, 0.1) is 6.92 Å². The molecule has 3 rings (SSSR count). The lowest BCUT2D eigenvalue weighted by molar-refractivity contribution is -0.140. The molecule has 0 aliphatic carbocycles. The first-order valence-corrected chi connectivity index (χ1v) is 8.43. The lowest BCUT2D eigenvalue weighted by Gasteiger charge is -2.21. The van der Waals surface area contributed by atoms with Gasteiger partial charge in [-0.2, -0.15) is 0 Å². The Morgan fingerprint density at radius 2 is 1.88 bits per heavy atom. The summed E-state index contributed by atoms with van der Waals surface area (Å²) in [6.45, 7) is 2.64. The number of carbonyl (C=O) groups is 2. The van der Waals surface area contributed by atoms with E-state index in [1.54, 1.807) is 11.1 Å². The predicted molar refractivity (Wildman–Crippen MR) is 97.7 cm³/mol. The number of rotatable bonds is 6. The summed E-state index contributed by atoms with van der Waals surface area (Å²) in [6.07, 6.45) is 1.88. The van der Waals surface area contributed by atoms with E-state index >= 15 is 0 Å². The Bertz CT molecular complexity index is 918. The molecule has 0 unspecified atom stereocenters. The zero-order chi connectivity index (χ0) is 18.5. The van der Waals surface area contributed by atoms with Gasteiger partial charge in [-0.3, -0.25) is 9.59 Å². The minimum Gasteiger partial charge on any atom is -0.469 e. The number of hydrogen-bond donors (Lipinski definition) is 0. The normalized spacial score (nSPS) is 10.7. The van der Waals surface area contributed by atoms with Crippen molar-refractivity contribution in [1.29, 1.82) is 0 Å². The second-order valence-corrected chi connectivity index (χ2v) is 6.06. The number of imidazole rings is 1. The number of hydrogen-bond acceptors (Lipinski definition) is 4. The van der Waals surface area contributed by atoms with Crippen LogP contribution >= 0.6 is 0 Å². The molecule has 0 radical (unpaired) electrons. The first-order valence-electron chi connectivity index (χ1n) is 8.43. The van der Waals surface area contributed by atoms with E-state index in [4.69, 9.17) is 4.74 Å². The van der Waals surface area contributed by atoms with Crippen LogP contribution in [0.15, 0.2) is 54.7 Å². The van der Waals surface area contributed by atoms with Crippen molar-refractivity contribution >= 4 is 17.5 Å². The highest BCUT2D eigenvalue weighted by molar-refractivity contribution is 5.93. The van der Waals surface area contributed by atoms with Crippen LogP contribution < -0.4 is 0 Å². The average Bonchev–Trinajstić information content (AvgIpc) is 3.11. The summed E-state index contributed by atoms with van der Waals surface area (Å²) in [5.74, 6) is -0.553. The number of carbonyl (C=O) groups excluding carboxylic acids is 2. The molecule has 0 saturated heterocycles. The first-order chi connectivity index (χ1) is 12.6. The molecule has 0 saturated carbocycles. The van der Waals surface area contributed by atoms with Gasteiger partial charge in [0.25, 0.3) is 5.91 Å². The van der Waals surface area contributed by atoms with E-state index in [0.717, 1.165) is 16.9 Å². The Balaban J connectivity index is 1.86. The van der Waals surface area contributed by atoms with Gasteiger partial charge in [0.15, 0.2) is 0 Å². The monoisotopic (exact) mass is 351 g/mol. The highest BCUT2D eigenvalue weighted by atomic mass is 16.5. The number of methoxy groups -OCH3 is 1. The summed E-state index contributed by atoms with van der Waals surface area (Å²) in [6, 6.07) is 15.4. The van der Waals surface area contributed by atoms with Gasteiger partial charge in [-0.15, -0.1) is 0 Å². The molecule has 0 N–H and O–H groups in total. The maximum absolute atomic E-state index is 13.0. The Labute approximate surface area is 152 Å². The minimum absolute atomic E-state index is 0.140. The zero-order valence-electron chi connectivity index (χ0n) is 14.9. The molecule has 0 spiro atoms. The highest BCUT2D eigenvalue weighted by Crippen LogP contribution is 2.13. The molecule has 0 atom stereocenters. The van der Waals surface area contributed by atoms with Crippen LogP contribution in [0.1, 0.15) is 28.2 Å². The molecule has 0 fully saturated rings. The zero-order valence-corrected chi connectivity index (χ0v) is 14.9. The van der Waals surface area contributed by atoms with Gasteiger partial charge in [-0.25, -0.2) is 4.98 Å². The standard InChI is InChI=1S/C20H21N3O3/c1-15-7-6-10-18-21-17(14-23(15)18)20(25)22(12-11-19(24)26-2)13-16-8-4-3-5-9-16/h3-10,14H,11-13H2,1-2H3. The third kappa shape index (κ3) is 3.91. The van der Waals surface area contributed by atoms with E-state index in [-0.39, 0.29) is 24.8 Å². The van der Waals surface area contributed by atoms with E-state index in [1.807, 2.05) is 59.9 Å². The molecule has 1 aromatic carbocycles. The Hall–Kier alpha value is -3.15. The fourth-order valence-electron chi connectivity index (χ4n) is 2.80. The molecule has 6 nitrogen and oxygen atoms in total. The number of fused-ring (bicyclic) bond motifs is 1. The molecule has 6 heteroatoms. The lowest BCUT2D eigenvalue weighted by atomic mass is 10.2. The van der Waals surface area contributed by atoms with Gasteiger partial charge < -0.3 is 14.0 Å². The topological polar surface area (TPSA) is 63.9 Å². The molecular weight excluding hydrogens is 330 g/mol. The second-order valence-electron chi connectivity index (χ2n) is 6.06. The van der Waals surface area contributed by atoms with Gasteiger partial charge in [-0.05, 0) is 24.6 Å². The number of benzene rings is 1. The van der Waals surface area contributed by atoms with Crippen molar-refractivity contribution in [2.45, 2.75) is 19.9 Å². The van der Waals surface area contributed by atoms with Gasteiger partial charge in [0.2, 0.25) is 0 Å². The summed E-state index contributed by atoms with van der Waals surface area (Å²) in [7, 11) is 1.34. The van der Waals surface area contributed by atoms with E-state index in [1.165, 1.54) is 7.11 Å². The fourth-order valence-corrected chi connectivity index (χ4v) is 2.80. The first kappa shape index (κ1) is 17.7. The summed E-state index contributed by atoms with van der Waals surface area (Å²) >= 11 is 0. The molecule has 134 valence electrons. The number of esters is 1. The number of pyridine rings is 1. The van der Waals surface area contributed by atoms with Gasteiger partial charge in [0.05, 0.1) is 13.5 Å². The highest BCUT2D eigenvalue weighted by Gasteiger charge is 2.20. The van der Waals surface area contributed by atoms with Crippen LogP contribution in [0.5, 0.6) is 0 Å². The van der Waals surface area contributed by atoms with Crippen LogP contribution in [-0.2, 0) is 16.1 Å². The number of aryl methyl sites for hydroxylation is 1. The van der Waals surface area contributed by atoms with Crippen molar-refractivity contribution in [3.8, 4) is 0 Å². The predicted octanol–water partition coefficient (Wildman–Crippen LogP) is 2.85. The molecule has 0 aliphatic rings. The Morgan fingerprint density at radius 1 is 1.12 bits per heavy atom. The van der Waals surface area contributed by atoms with Gasteiger partial charge >= 0.3 is 5.97 Å². The van der Waals surface area contributed by atoms with Gasteiger partial charge in [0, 0.05) is 25.0 Å². The third-order valence-corrected chi connectivity index (χ3v) is 4.23. The van der Waals surface area contributed by atoms with Gasteiger partial charge in [0.1, 0.15) is 11.3 Å². The van der Waals surface area contributed by atoms with Crippen molar-refractivity contribution in [2.24, 2.45) is 0 Å². The maximum Gasteiger partial charge on any atom is 0.307 e. The Morgan fingerprint density at radius 3 is 2.58 bits per heavy atom. The largest absolute Gasteiger partial charge is 0.469 e. The number of amides is 1. The number of ether oxygens (including phenoxy) is 1. The van der Waals surface area contributed by atoms with Crippen molar-refractivity contribution < 1.29 is 14.3 Å². The molecule has 2 heterocycles. The van der Waals surface area contributed by atoms with E-state index in [2.05, 4.69) is 4.98 Å². The molecular formula is C20H21N3O3. The second kappa shape index (κ2) is 7.82. The lowest BCUT2D eigenvalue weighted by Crippen LogP contribution is -2.33. The van der Waals surface area contributed by atoms with Crippen molar-refractivity contribution in [3.63, 3.8) is 0 Å². The fraction of sp³-hybridized carbons (Fsp3) is 0.250. The van der Waals surface area contributed by atoms with Crippen LogP contribution in [0.2, 0.25) is 0 Å². The third-order valence-electron chi connectivity index (χ3n) is 4.23. The summed E-state index contributed by atoms with van der Waals surface area (Å²) in [5.41, 5.74) is 3.07. The molecule has 0 aliphatic heterocycles. The summed E-state index contributed by atoms with van der Waals surface area (Å²) < 4.78 is 6.59. The molecule has 26 heavy (non-hydrogen) atoms. The van der Waals surface area contributed by atoms with Crippen molar-refractivity contribution in [2.75, 3.05) is 13.7 Å². The Kier molecular flexibility index (Phi) is 5.31. The molecule has 0 bridgehead atoms. The van der Waals surface area contributed by atoms with Crippen molar-refractivity contribution in [1.82, 2.24) is 14.3 Å². The molecule has 1 amide bonds. The maximum atomic E-state index is 13.0. The van der Waals surface area contributed by atoms with E-state index < -0.39 is 0 Å². The molecule has 3 aromatic rings. The summed E-state index contributed by atoms with van der Waals surface area (Å²) in [5, 5.41) is 0. The smallest absolute Gasteiger partial charge is 0.307 e. The number of aromatic nitrogens is 2. The van der Waals surface area contributed by atoms with E-state index in [9.17, 15) is 9.59 Å². The van der Waals surface area contributed by atoms with Crippen LogP contribution in [0.25, 0.3) is 5.65 Å². The van der Waals surface area contributed by atoms with Crippen LogP contribution in [0.3, 0.4) is 0 Å². The van der Waals surface area contributed by atoms with Crippen LogP contribution in [0.4, 0.5) is 0 Å². The number of nitrogens with zero attached hydrogens (tertiary/aromatic N) is 3. The minimum atomic E-state index is -0.346. The summed E-state index contributed by atoms with van der Waals surface area (Å²) in [4.78, 5) is 30.6. The van der Waals surface area contributed by atoms with Crippen molar-refractivity contribution in [3.05, 3.63) is 71.7 Å². The van der Waals surface area contributed by atoms with E-state index in [0.29, 0.717) is 12.2 Å². The van der Waals surface area contributed by atoms with Gasteiger partial charge in [-0.1, -0.05) is 36.4 Å². The average molecular weight is 351 g/mol. The SMILES string of the molecule is COC(=O)CCN(Cc1ccccc1)C(=O)c1cn2c(C)cccc2n1. The van der Waals surface area contributed by atoms with Crippen LogP contribution in [-0.4, -0.2) is 39.8 Å². The molecule has 2 aromatic heterocycles. The quantitative estimate of drug-likeness (QED) is 0.641.